The van der Waals surface area contributed by atoms with Crippen LogP contribution in [0, 0.1) is 11.3 Å². The van der Waals surface area contributed by atoms with Gasteiger partial charge in [0.15, 0.2) is 0 Å². The van der Waals surface area contributed by atoms with Gasteiger partial charge < -0.3 is 38.8 Å². The summed E-state index contributed by atoms with van der Waals surface area (Å²) in [4.78, 5) is 39.3. The van der Waals surface area contributed by atoms with E-state index in [1.165, 1.54) is 0 Å². The zero-order valence-electron chi connectivity index (χ0n) is 33.3. The second-order valence-corrected chi connectivity index (χ2v) is 15.8. The van der Waals surface area contributed by atoms with Gasteiger partial charge in [-0.05, 0) is 82.8 Å². The van der Waals surface area contributed by atoms with Crippen molar-refractivity contribution in [2.24, 2.45) is 11.3 Å². The lowest BCUT2D eigenvalue weighted by Crippen LogP contribution is -2.65. The average molecular weight is 780 g/mol. The number of hydrogen-bond acceptors (Lipinski definition) is 9. The number of amides is 1. The lowest BCUT2D eigenvalue weighted by molar-refractivity contribution is -0.334. The lowest BCUT2D eigenvalue weighted by atomic mass is 9.81. The molecule has 4 aromatic carbocycles. The first-order valence-corrected chi connectivity index (χ1v) is 19.6. The number of alkyl carbamates (subject to hydrolysis) is 1. The van der Waals surface area contributed by atoms with Gasteiger partial charge in [-0.15, -0.1) is 0 Å². The molecule has 6 rings (SSSR count). The van der Waals surface area contributed by atoms with Crippen molar-refractivity contribution < 1.29 is 47.9 Å². The number of aliphatic carboxylic acids is 1. The number of esters is 1. The Morgan fingerprint density at radius 3 is 2.09 bits per heavy atom. The number of ether oxygens (including phenoxy) is 6. The molecule has 0 radical (unpaired) electrons. The average Bonchev–Trinajstić information content (AvgIpc) is 3.52. The Bertz CT molecular complexity index is 1950. The molecule has 1 aliphatic carbocycles. The summed E-state index contributed by atoms with van der Waals surface area (Å²) in [7, 11) is 1.60. The Morgan fingerprint density at radius 1 is 0.842 bits per heavy atom. The quantitative estimate of drug-likeness (QED) is 0.0790. The molecular weight excluding hydrogens is 727 g/mol. The summed E-state index contributed by atoms with van der Waals surface area (Å²) < 4.78 is 36.5. The first-order chi connectivity index (χ1) is 27.4. The van der Waals surface area contributed by atoms with Crippen molar-refractivity contribution in [3.05, 3.63) is 119 Å². The molecule has 0 spiro atoms. The number of methoxy groups -OCH3 is 1. The van der Waals surface area contributed by atoms with Gasteiger partial charge in [-0.2, -0.15) is 0 Å². The SMILES string of the molecule is COc1ccc([C@@H]2OC(C(=O)OCc3ccc(OCCCCC(=O)O)cc3)([C@H](CC(C)C)NC(=O)OCC3c4ccccc4-c4ccccc43)OCC2(C)C)cc1. The second-order valence-electron chi connectivity index (χ2n) is 15.8. The van der Waals surface area contributed by atoms with Gasteiger partial charge in [0.1, 0.15) is 24.7 Å². The first-order valence-electron chi connectivity index (χ1n) is 19.6. The predicted molar refractivity (Wildman–Crippen MR) is 214 cm³/mol. The molecule has 1 fully saturated rings. The molecule has 1 heterocycles. The zero-order chi connectivity index (χ0) is 40.6. The van der Waals surface area contributed by atoms with Crippen LogP contribution in [-0.4, -0.2) is 61.9 Å². The minimum atomic E-state index is -2.03. The minimum absolute atomic E-state index is 0.00630. The molecule has 0 bridgehead atoms. The Labute approximate surface area is 334 Å². The standard InChI is InChI=1S/C46H53NO10/c1-30(2)26-40(47-44(51)55-28-39-37-14-8-6-12-35(37)36-13-7-9-15-38(36)39)46(56-29-45(3,4)42(57-46)32-19-23-33(52-5)24-20-32)43(50)54-27-31-17-21-34(22-18-31)53-25-11-10-16-41(48)49/h6-9,12-15,17-24,30,39-40,42H,10-11,16,25-29H2,1-5H3,(H,47,51)(H,48,49)/t40-,42-,46?/m0/s1. The maximum atomic E-state index is 14.6. The van der Waals surface area contributed by atoms with Crippen molar-refractivity contribution >= 4 is 18.0 Å². The van der Waals surface area contributed by atoms with E-state index >= 15 is 0 Å². The summed E-state index contributed by atoms with van der Waals surface area (Å²) in [5.74, 6) is -2.49. The van der Waals surface area contributed by atoms with Crippen LogP contribution in [0.5, 0.6) is 11.5 Å². The second kappa shape index (κ2) is 18.3. The van der Waals surface area contributed by atoms with E-state index in [0.29, 0.717) is 42.9 Å². The van der Waals surface area contributed by atoms with E-state index in [2.05, 4.69) is 29.6 Å². The van der Waals surface area contributed by atoms with Gasteiger partial charge in [0.2, 0.25) is 0 Å². The van der Waals surface area contributed by atoms with Crippen molar-refractivity contribution in [2.45, 2.75) is 83.8 Å². The number of carboxylic acids is 1. The van der Waals surface area contributed by atoms with Crippen molar-refractivity contribution in [1.82, 2.24) is 5.32 Å². The maximum Gasteiger partial charge on any atom is 0.407 e. The van der Waals surface area contributed by atoms with Crippen molar-refractivity contribution in [3.63, 3.8) is 0 Å². The monoisotopic (exact) mass is 779 g/mol. The molecule has 2 N–H and O–H groups in total. The molecule has 57 heavy (non-hydrogen) atoms. The van der Waals surface area contributed by atoms with Crippen molar-refractivity contribution in [1.29, 1.82) is 0 Å². The smallest absolute Gasteiger partial charge is 0.407 e. The molecule has 3 atom stereocenters. The number of carboxylic acid groups (broad SMARTS) is 1. The van der Waals surface area contributed by atoms with Gasteiger partial charge in [-0.25, -0.2) is 9.59 Å². The van der Waals surface area contributed by atoms with E-state index in [4.69, 9.17) is 33.5 Å². The minimum Gasteiger partial charge on any atom is -0.497 e. The van der Waals surface area contributed by atoms with E-state index in [9.17, 15) is 14.4 Å². The highest BCUT2D eigenvalue weighted by atomic mass is 16.7. The molecule has 4 aromatic rings. The molecule has 1 saturated heterocycles. The van der Waals surface area contributed by atoms with Crippen LogP contribution in [0.1, 0.15) is 87.7 Å². The molecule has 302 valence electrons. The normalized spacial score (nSPS) is 18.9. The molecule has 2 aliphatic rings. The van der Waals surface area contributed by atoms with E-state index in [1.54, 1.807) is 31.4 Å². The van der Waals surface area contributed by atoms with Crippen molar-refractivity contribution in [3.8, 4) is 22.6 Å². The van der Waals surface area contributed by atoms with Crippen molar-refractivity contribution in [2.75, 3.05) is 26.9 Å². The first kappa shape index (κ1) is 41.2. The number of carbonyl (C=O) groups excluding carboxylic acids is 2. The van der Waals surface area contributed by atoms with Crippen LogP contribution in [0.15, 0.2) is 97.1 Å². The number of nitrogens with one attached hydrogen (secondary N) is 1. The van der Waals surface area contributed by atoms with E-state index < -0.39 is 41.4 Å². The van der Waals surface area contributed by atoms with Gasteiger partial charge in [0.05, 0.1) is 32.5 Å². The number of hydrogen-bond donors (Lipinski definition) is 2. The molecule has 0 aromatic heterocycles. The summed E-state index contributed by atoms with van der Waals surface area (Å²) in [6, 6.07) is 29.9. The van der Waals surface area contributed by atoms with Crippen LogP contribution in [0.25, 0.3) is 11.1 Å². The molecular formula is C46H53NO10. The van der Waals surface area contributed by atoms with Crippen LogP contribution in [0.3, 0.4) is 0 Å². The lowest BCUT2D eigenvalue weighted by Gasteiger charge is -2.50. The number of carbonyl (C=O) groups is 3. The third-order valence-electron chi connectivity index (χ3n) is 10.5. The highest BCUT2D eigenvalue weighted by Crippen LogP contribution is 2.48. The fourth-order valence-electron chi connectivity index (χ4n) is 7.53. The summed E-state index contributed by atoms with van der Waals surface area (Å²) in [6.07, 6.45) is 0.221. The molecule has 1 unspecified atom stereocenters. The summed E-state index contributed by atoms with van der Waals surface area (Å²) in [5.41, 5.74) is 5.34. The molecule has 11 nitrogen and oxygen atoms in total. The fraction of sp³-hybridized carbons (Fsp3) is 0.413. The number of fused-ring (bicyclic) bond motifs is 3. The predicted octanol–water partition coefficient (Wildman–Crippen LogP) is 8.84. The van der Waals surface area contributed by atoms with Gasteiger partial charge in [0, 0.05) is 17.8 Å². The van der Waals surface area contributed by atoms with Crippen LogP contribution < -0.4 is 14.8 Å². The maximum absolute atomic E-state index is 14.6. The van der Waals surface area contributed by atoms with Gasteiger partial charge in [0.25, 0.3) is 5.79 Å². The summed E-state index contributed by atoms with van der Waals surface area (Å²) >= 11 is 0. The number of benzene rings is 4. The van der Waals surface area contributed by atoms with Crippen LogP contribution in [0.4, 0.5) is 4.79 Å². The fourth-order valence-corrected chi connectivity index (χ4v) is 7.53. The largest absolute Gasteiger partial charge is 0.497 e. The zero-order valence-corrected chi connectivity index (χ0v) is 33.3. The molecule has 1 aliphatic heterocycles. The Kier molecular flexibility index (Phi) is 13.2. The van der Waals surface area contributed by atoms with E-state index in [0.717, 1.165) is 27.8 Å². The highest BCUT2D eigenvalue weighted by molar-refractivity contribution is 5.81. The molecule has 1 amide bonds. The third kappa shape index (κ3) is 9.77. The van der Waals surface area contributed by atoms with E-state index in [-0.39, 0.29) is 38.1 Å². The topological polar surface area (TPSA) is 139 Å². The van der Waals surface area contributed by atoms with Crippen LogP contribution in [-0.2, 0) is 35.1 Å². The number of rotatable bonds is 17. The van der Waals surface area contributed by atoms with Crippen LogP contribution in [0.2, 0.25) is 0 Å². The highest BCUT2D eigenvalue weighted by Gasteiger charge is 2.58. The van der Waals surface area contributed by atoms with Gasteiger partial charge >= 0.3 is 18.0 Å². The molecule has 11 heteroatoms. The Balaban J connectivity index is 1.23. The van der Waals surface area contributed by atoms with Crippen LogP contribution >= 0.6 is 0 Å². The third-order valence-corrected chi connectivity index (χ3v) is 10.5. The van der Waals surface area contributed by atoms with E-state index in [1.807, 2.05) is 76.2 Å². The summed E-state index contributed by atoms with van der Waals surface area (Å²) in [5, 5.41) is 11.8. The summed E-state index contributed by atoms with van der Waals surface area (Å²) in [6.45, 7) is 8.51. The Hall–Kier alpha value is -5.39. The number of unbranched alkanes of at least 4 members (excludes halogenated alkanes) is 1. The van der Waals surface area contributed by atoms with Gasteiger partial charge in [-0.1, -0.05) is 100 Å². The van der Waals surface area contributed by atoms with Gasteiger partial charge in [-0.3, -0.25) is 4.79 Å². The molecule has 0 saturated carbocycles. The Morgan fingerprint density at radius 2 is 1.47 bits per heavy atom.